The quantitative estimate of drug-likeness (QED) is 0.589. The highest BCUT2D eigenvalue weighted by Gasteiger charge is 2.35. The molecule has 1 saturated heterocycles. The van der Waals surface area contributed by atoms with Crippen LogP contribution in [0, 0.1) is 5.92 Å². The smallest absolute Gasteiger partial charge is 0.311 e. The first kappa shape index (κ1) is 11.9. The summed E-state index contributed by atoms with van der Waals surface area (Å²) >= 11 is 5.76. The number of hydrogen-bond donors (Lipinski definition) is 0. The van der Waals surface area contributed by atoms with Crippen molar-refractivity contribution in [3.63, 3.8) is 0 Å². The maximum atomic E-state index is 11.8. The highest BCUT2D eigenvalue weighted by molar-refractivity contribution is 6.29. The molecule has 1 aromatic rings. The Morgan fingerprint density at radius 3 is 3.06 bits per heavy atom. The first-order valence-corrected chi connectivity index (χ1v) is 5.49. The summed E-state index contributed by atoms with van der Waals surface area (Å²) in [7, 11) is 1.32. The lowest BCUT2D eigenvalue weighted by atomic mass is 10.1. The maximum absolute atomic E-state index is 11.8. The van der Waals surface area contributed by atoms with E-state index < -0.39 is 5.92 Å². The molecule has 17 heavy (non-hydrogen) atoms. The first-order chi connectivity index (χ1) is 8.11. The minimum Gasteiger partial charge on any atom is -0.469 e. The van der Waals surface area contributed by atoms with Gasteiger partial charge in [0.25, 0.3) is 0 Å². The van der Waals surface area contributed by atoms with Crippen molar-refractivity contribution in [1.29, 1.82) is 0 Å². The number of methoxy groups -OCH3 is 1. The Hall–Kier alpha value is -1.62. The fraction of sp³-hybridized carbons (Fsp3) is 0.364. The fourth-order valence-electron chi connectivity index (χ4n) is 1.84. The molecule has 1 atom stereocenters. The highest BCUT2D eigenvalue weighted by Crippen LogP contribution is 2.26. The molecule has 1 unspecified atom stereocenters. The molecule has 2 heterocycles. The van der Waals surface area contributed by atoms with Crippen LogP contribution in [0.3, 0.4) is 0 Å². The Morgan fingerprint density at radius 2 is 2.41 bits per heavy atom. The summed E-state index contributed by atoms with van der Waals surface area (Å²) in [6.45, 7) is 0.325. The largest absolute Gasteiger partial charge is 0.469 e. The molecule has 90 valence electrons. The standard InChI is InChI=1S/C11H11ClN2O3/c1-17-11(16)7-4-10(15)14(6-7)8-2-3-13-9(12)5-8/h2-3,5,7H,4,6H2,1H3. The zero-order chi connectivity index (χ0) is 12.4. The van der Waals surface area contributed by atoms with E-state index >= 15 is 0 Å². The third-order valence-electron chi connectivity index (χ3n) is 2.68. The number of pyridine rings is 1. The molecule has 0 bridgehead atoms. The van der Waals surface area contributed by atoms with Crippen LogP contribution in [0.25, 0.3) is 0 Å². The molecule has 1 amide bonds. The van der Waals surface area contributed by atoms with Crippen LogP contribution in [-0.4, -0.2) is 30.5 Å². The van der Waals surface area contributed by atoms with E-state index in [9.17, 15) is 9.59 Å². The molecule has 0 N–H and O–H groups in total. The van der Waals surface area contributed by atoms with Gasteiger partial charge >= 0.3 is 5.97 Å². The van der Waals surface area contributed by atoms with E-state index in [1.807, 2.05) is 0 Å². The van der Waals surface area contributed by atoms with E-state index in [4.69, 9.17) is 11.6 Å². The summed E-state index contributed by atoms with van der Waals surface area (Å²) in [6.07, 6.45) is 1.70. The number of halogens is 1. The first-order valence-electron chi connectivity index (χ1n) is 5.11. The maximum Gasteiger partial charge on any atom is 0.311 e. The summed E-state index contributed by atoms with van der Waals surface area (Å²) in [6, 6.07) is 3.28. The monoisotopic (exact) mass is 254 g/mol. The lowest BCUT2D eigenvalue weighted by Gasteiger charge is -2.16. The molecule has 0 spiro atoms. The van der Waals surface area contributed by atoms with E-state index in [0.717, 1.165) is 0 Å². The molecule has 0 aromatic carbocycles. The van der Waals surface area contributed by atoms with Gasteiger partial charge < -0.3 is 9.64 Å². The third kappa shape index (κ3) is 2.39. The zero-order valence-corrected chi connectivity index (χ0v) is 9.98. The van der Waals surface area contributed by atoms with E-state index in [0.29, 0.717) is 17.4 Å². The van der Waals surface area contributed by atoms with Gasteiger partial charge in [0.2, 0.25) is 5.91 Å². The van der Waals surface area contributed by atoms with Crippen LogP contribution >= 0.6 is 11.6 Å². The fourth-order valence-corrected chi connectivity index (χ4v) is 2.01. The number of nitrogens with zero attached hydrogens (tertiary/aromatic N) is 2. The molecule has 1 fully saturated rings. The SMILES string of the molecule is COC(=O)C1CC(=O)N(c2ccnc(Cl)c2)C1. The number of rotatable bonds is 2. The lowest BCUT2D eigenvalue weighted by Crippen LogP contribution is -2.26. The number of amides is 1. The molecule has 0 radical (unpaired) electrons. The van der Waals surface area contributed by atoms with Gasteiger partial charge in [0.05, 0.1) is 13.0 Å². The van der Waals surface area contributed by atoms with Crippen molar-refractivity contribution in [2.45, 2.75) is 6.42 Å². The normalized spacial score (nSPS) is 19.5. The van der Waals surface area contributed by atoms with Crippen molar-refractivity contribution in [2.24, 2.45) is 5.92 Å². The topological polar surface area (TPSA) is 59.5 Å². The molecule has 0 aliphatic carbocycles. The number of esters is 1. The summed E-state index contributed by atoms with van der Waals surface area (Å²) in [4.78, 5) is 28.5. The van der Waals surface area contributed by atoms with Crippen molar-refractivity contribution >= 4 is 29.2 Å². The predicted octanol–water partition coefficient (Wildman–Crippen LogP) is 1.26. The minimum atomic E-state index is -0.403. The molecule has 6 heteroatoms. The van der Waals surface area contributed by atoms with Gasteiger partial charge in [-0.3, -0.25) is 9.59 Å². The predicted molar refractivity (Wildman–Crippen MR) is 61.7 cm³/mol. The molecule has 5 nitrogen and oxygen atoms in total. The second-order valence-electron chi connectivity index (χ2n) is 3.77. The van der Waals surface area contributed by atoms with Gasteiger partial charge in [-0.2, -0.15) is 0 Å². The Balaban J connectivity index is 2.18. The molecule has 1 aliphatic heterocycles. The Morgan fingerprint density at radius 1 is 1.65 bits per heavy atom. The van der Waals surface area contributed by atoms with Crippen LogP contribution in [0.2, 0.25) is 5.15 Å². The van der Waals surface area contributed by atoms with Crippen LogP contribution in [0.4, 0.5) is 5.69 Å². The highest BCUT2D eigenvalue weighted by atomic mass is 35.5. The van der Waals surface area contributed by atoms with Gasteiger partial charge in [-0.05, 0) is 12.1 Å². The molecule has 1 aliphatic rings. The van der Waals surface area contributed by atoms with Crippen LogP contribution in [0.15, 0.2) is 18.3 Å². The summed E-state index contributed by atoms with van der Waals surface area (Å²) < 4.78 is 4.63. The van der Waals surface area contributed by atoms with E-state index in [1.54, 1.807) is 12.1 Å². The van der Waals surface area contributed by atoms with Crippen molar-refractivity contribution in [3.05, 3.63) is 23.5 Å². The number of anilines is 1. The lowest BCUT2D eigenvalue weighted by molar-refractivity contribution is -0.145. The number of carbonyl (C=O) groups is 2. The third-order valence-corrected chi connectivity index (χ3v) is 2.89. The van der Waals surface area contributed by atoms with Crippen LogP contribution in [-0.2, 0) is 14.3 Å². The number of hydrogen-bond acceptors (Lipinski definition) is 4. The summed E-state index contributed by atoms with van der Waals surface area (Å²) in [5, 5.41) is 0.316. The molecular weight excluding hydrogens is 244 g/mol. The molecule has 0 saturated carbocycles. The second-order valence-corrected chi connectivity index (χ2v) is 4.15. The Labute approximate surface area is 103 Å². The number of carbonyl (C=O) groups excluding carboxylic acids is 2. The molecular formula is C11H11ClN2O3. The number of ether oxygens (including phenoxy) is 1. The van der Waals surface area contributed by atoms with Gasteiger partial charge in [-0.15, -0.1) is 0 Å². The van der Waals surface area contributed by atoms with E-state index in [-0.39, 0.29) is 18.3 Å². The van der Waals surface area contributed by atoms with Crippen LogP contribution in [0.5, 0.6) is 0 Å². The zero-order valence-electron chi connectivity index (χ0n) is 9.22. The number of aromatic nitrogens is 1. The van der Waals surface area contributed by atoms with E-state index in [1.165, 1.54) is 18.2 Å². The minimum absolute atomic E-state index is 0.109. The average molecular weight is 255 g/mol. The van der Waals surface area contributed by atoms with Crippen molar-refractivity contribution < 1.29 is 14.3 Å². The molecule has 1 aromatic heterocycles. The van der Waals surface area contributed by atoms with Crippen molar-refractivity contribution in [1.82, 2.24) is 4.98 Å². The molecule has 2 rings (SSSR count). The van der Waals surface area contributed by atoms with Gasteiger partial charge in [0.1, 0.15) is 5.15 Å². The Kier molecular flexibility index (Phi) is 3.28. The van der Waals surface area contributed by atoms with Crippen molar-refractivity contribution in [2.75, 3.05) is 18.6 Å². The second kappa shape index (κ2) is 4.71. The van der Waals surface area contributed by atoms with Crippen molar-refractivity contribution in [3.8, 4) is 0 Å². The van der Waals surface area contributed by atoms with Gasteiger partial charge in [0, 0.05) is 24.8 Å². The van der Waals surface area contributed by atoms with Gasteiger partial charge in [-0.1, -0.05) is 11.6 Å². The Bertz CT molecular complexity index is 464. The average Bonchev–Trinajstić information content (AvgIpc) is 2.70. The van der Waals surface area contributed by atoms with Crippen LogP contribution in [0.1, 0.15) is 6.42 Å². The van der Waals surface area contributed by atoms with E-state index in [2.05, 4.69) is 9.72 Å². The van der Waals surface area contributed by atoms with Crippen LogP contribution < -0.4 is 4.90 Å². The summed E-state index contributed by atoms with van der Waals surface area (Å²) in [5.41, 5.74) is 0.654. The summed E-state index contributed by atoms with van der Waals surface area (Å²) in [5.74, 6) is -0.872. The van der Waals surface area contributed by atoms with Gasteiger partial charge in [-0.25, -0.2) is 4.98 Å². The van der Waals surface area contributed by atoms with Gasteiger partial charge in [0.15, 0.2) is 0 Å².